The zero-order chi connectivity index (χ0) is 15.5. The number of benzene rings is 1. The molecule has 1 aromatic carbocycles. The minimum Gasteiger partial charge on any atom is -0.313 e. The van der Waals surface area contributed by atoms with Crippen molar-refractivity contribution < 1.29 is 8.42 Å². The molecule has 2 rings (SSSR count). The Morgan fingerprint density at radius 1 is 1.38 bits per heavy atom. The topological polar surface area (TPSA) is 61.4 Å². The van der Waals surface area contributed by atoms with Gasteiger partial charge in [0, 0.05) is 19.1 Å². The van der Waals surface area contributed by atoms with Crippen molar-refractivity contribution in [2.24, 2.45) is 0 Å². The Morgan fingerprint density at radius 2 is 2.14 bits per heavy atom. The lowest BCUT2D eigenvalue weighted by molar-refractivity contribution is 0.571. The van der Waals surface area contributed by atoms with Gasteiger partial charge in [0.15, 0.2) is 0 Å². The lowest BCUT2D eigenvalue weighted by atomic mass is 9.98. The van der Waals surface area contributed by atoms with Crippen LogP contribution in [-0.4, -0.2) is 28.6 Å². The third kappa shape index (κ3) is 3.56. The highest BCUT2D eigenvalue weighted by molar-refractivity contribution is 7.90. The first kappa shape index (κ1) is 16.3. The molecule has 0 amide bonds. The maximum Gasteiger partial charge on any atom is 0.301 e. The van der Waals surface area contributed by atoms with E-state index >= 15 is 0 Å². The van der Waals surface area contributed by atoms with E-state index in [-0.39, 0.29) is 6.04 Å². The number of nitrogens with zero attached hydrogens (tertiary/aromatic N) is 1. The van der Waals surface area contributed by atoms with Crippen molar-refractivity contribution in [2.75, 3.05) is 24.4 Å². The van der Waals surface area contributed by atoms with Crippen molar-refractivity contribution in [1.82, 2.24) is 10.0 Å². The van der Waals surface area contributed by atoms with Gasteiger partial charge in [0.1, 0.15) is 0 Å². The van der Waals surface area contributed by atoms with E-state index in [0.717, 1.165) is 30.5 Å². The molecule has 1 unspecified atom stereocenters. The van der Waals surface area contributed by atoms with Gasteiger partial charge in [-0.25, -0.2) is 0 Å². The van der Waals surface area contributed by atoms with Gasteiger partial charge >= 0.3 is 10.2 Å². The summed E-state index contributed by atoms with van der Waals surface area (Å²) in [6.45, 7) is 5.08. The number of anilines is 1. The van der Waals surface area contributed by atoms with E-state index in [0.29, 0.717) is 13.1 Å². The third-order valence-corrected chi connectivity index (χ3v) is 5.47. The van der Waals surface area contributed by atoms with Gasteiger partial charge in [-0.15, -0.1) is 0 Å². The van der Waals surface area contributed by atoms with E-state index in [9.17, 15) is 8.42 Å². The molecule has 1 atom stereocenters. The first-order valence-electron chi connectivity index (χ1n) is 7.57. The molecule has 0 bridgehead atoms. The van der Waals surface area contributed by atoms with E-state index in [2.05, 4.69) is 23.0 Å². The zero-order valence-corrected chi connectivity index (χ0v) is 13.8. The smallest absolute Gasteiger partial charge is 0.301 e. The molecule has 1 aromatic rings. The summed E-state index contributed by atoms with van der Waals surface area (Å²) in [6.07, 6.45) is 2.58. The molecular formula is C15H25N3O2S. The summed E-state index contributed by atoms with van der Waals surface area (Å²) >= 11 is 0. The minimum atomic E-state index is -3.43. The van der Waals surface area contributed by atoms with Crippen LogP contribution in [0.4, 0.5) is 5.69 Å². The van der Waals surface area contributed by atoms with Crippen LogP contribution in [0.25, 0.3) is 0 Å². The first-order valence-corrected chi connectivity index (χ1v) is 9.01. The maximum absolute atomic E-state index is 12.4. The summed E-state index contributed by atoms with van der Waals surface area (Å²) in [5.74, 6) is 0. The van der Waals surface area contributed by atoms with E-state index in [1.165, 1.54) is 9.87 Å². The van der Waals surface area contributed by atoms with Crippen molar-refractivity contribution in [2.45, 2.75) is 39.2 Å². The molecule has 6 heteroatoms. The van der Waals surface area contributed by atoms with Gasteiger partial charge in [0.25, 0.3) is 0 Å². The Kier molecular flexibility index (Phi) is 5.24. The monoisotopic (exact) mass is 311 g/mol. The summed E-state index contributed by atoms with van der Waals surface area (Å²) in [5.41, 5.74) is 3.12. The highest BCUT2D eigenvalue weighted by Crippen LogP contribution is 2.31. The number of hydrogen-bond donors (Lipinski definition) is 2. The largest absolute Gasteiger partial charge is 0.313 e. The molecule has 0 saturated heterocycles. The predicted octanol–water partition coefficient (Wildman–Crippen LogP) is 1.96. The van der Waals surface area contributed by atoms with E-state index in [4.69, 9.17) is 0 Å². The lowest BCUT2D eigenvalue weighted by Crippen LogP contribution is -2.43. The summed E-state index contributed by atoms with van der Waals surface area (Å²) < 4.78 is 28.9. The Bertz CT molecular complexity index is 587. The van der Waals surface area contributed by atoms with Crippen molar-refractivity contribution in [3.05, 3.63) is 29.3 Å². The lowest BCUT2D eigenvalue weighted by Gasteiger charge is -2.31. The van der Waals surface area contributed by atoms with Gasteiger partial charge in [0.05, 0.1) is 5.69 Å². The Labute approximate surface area is 127 Å². The molecule has 0 aliphatic carbocycles. The van der Waals surface area contributed by atoms with Crippen LogP contribution in [0.5, 0.6) is 0 Å². The summed E-state index contributed by atoms with van der Waals surface area (Å²) in [6, 6.07) is 6.33. The molecule has 1 heterocycles. The van der Waals surface area contributed by atoms with Gasteiger partial charge in [-0.2, -0.15) is 13.1 Å². The van der Waals surface area contributed by atoms with E-state index in [1.54, 1.807) is 0 Å². The molecule has 0 aromatic heterocycles. The molecule has 2 N–H and O–H groups in total. The van der Waals surface area contributed by atoms with E-state index in [1.807, 2.05) is 26.1 Å². The van der Waals surface area contributed by atoms with Crippen LogP contribution in [0.15, 0.2) is 18.2 Å². The van der Waals surface area contributed by atoms with Crippen molar-refractivity contribution in [3.8, 4) is 0 Å². The van der Waals surface area contributed by atoms with E-state index < -0.39 is 10.2 Å². The second-order valence-electron chi connectivity index (χ2n) is 5.47. The molecule has 21 heavy (non-hydrogen) atoms. The number of rotatable bonds is 6. The second kappa shape index (κ2) is 6.77. The normalized spacial score (nSPS) is 16.6. The van der Waals surface area contributed by atoms with Gasteiger partial charge in [-0.1, -0.05) is 19.1 Å². The molecule has 5 nitrogen and oxygen atoms in total. The molecule has 0 spiro atoms. The summed E-state index contributed by atoms with van der Waals surface area (Å²) in [7, 11) is -1.50. The van der Waals surface area contributed by atoms with Crippen LogP contribution < -0.4 is 14.3 Å². The third-order valence-electron chi connectivity index (χ3n) is 3.94. The fraction of sp³-hybridized carbons (Fsp3) is 0.600. The minimum absolute atomic E-state index is 0.264. The quantitative estimate of drug-likeness (QED) is 0.844. The van der Waals surface area contributed by atoms with Crippen LogP contribution in [-0.2, 0) is 16.6 Å². The molecule has 0 saturated carbocycles. The molecular weight excluding hydrogens is 286 g/mol. The van der Waals surface area contributed by atoms with Crippen LogP contribution in [0.2, 0.25) is 0 Å². The standard InChI is InChI=1S/C15H25N3O2S/c1-4-9-17-21(19,20)18-10-5-6-14-11-13(12(2)16-3)7-8-15(14)18/h7-8,11-12,16-17H,4-6,9-10H2,1-3H3. The second-order valence-corrected chi connectivity index (χ2v) is 7.15. The number of fused-ring (bicyclic) bond motifs is 1. The summed E-state index contributed by atoms with van der Waals surface area (Å²) in [5, 5.41) is 3.21. The SMILES string of the molecule is CCCNS(=O)(=O)N1CCCc2cc(C(C)NC)ccc21. The zero-order valence-electron chi connectivity index (χ0n) is 13.0. The van der Waals surface area contributed by atoms with Crippen molar-refractivity contribution >= 4 is 15.9 Å². The van der Waals surface area contributed by atoms with Crippen molar-refractivity contribution in [3.63, 3.8) is 0 Å². The van der Waals surface area contributed by atoms with Crippen LogP contribution in [0, 0.1) is 0 Å². The van der Waals surface area contributed by atoms with Gasteiger partial charge in [-0.05, 0) is 50.4 Å². The van der Waals surface area contributed by atoms with Crippen LogP contribution in [0.3, 0.4) is 0 Å². The Hall–Kier alpha value is -1.11. The van der Waals surface area contributed by atoms with Gasteiger partial charge in [-0.3, -0.25) is 4.31 Å². The molecule has 0 fully saturated rings. The molecule has 1 aliphatic rings. The predicted molar refractivity (Wildman–Crippen MR) is 86.8 cm³/mol. The number of hydrogen-bond acceptors (Lipinski definition) is 3. The highest BCUT2D eigenvalue weighted by atomic mass is 32.2. The molecule has 0 radical (unpaired) electrons. The molecule has 1 aliphatic heterocycles. The summed E-state index contributed by atoms with van der Waals surface area (Å²) in [4.78, 5) is 0. The fourth-order valence-electron chi connectivity index (χ4n) is 2.58. The number of aryl methyl sites for hydroxylation is 1. The van der Waals surface area contributed by atoms with Crippen LogP contribution >= 0.6 is 0 Å². The fourth-order valence-corrected chi connectivity index (χ4v) is 4.00. The highest BCUT2D eigenvalue weighted by Gasteiger charge is 2.27. The molecule has 118 valence electrons. The Balaban J connectivity index is 2.32. The number of nitrogens with one attached hydrogen (secondary N) is 2. The Morgan fingerprint density at radius 3 is 2.81 bits per heavy atom. The average molecular weight is 311 g/mol. The van der Waals surface area contributed by atoms with Gasteiger partial charge in [0.2, 0.25) is 0 Å². The maximum atomic E-state index is 12.4. The average Bonchev–Trinajstić information content (AvgIpc) is 2.51. The van der Waals surface area contributed by atoms with Crippen LogP contribution in [0.1, 0.15) is 43.9 Å². The van der Waals surface area contributed by atoms with Gasteiger partial charge < -0.3 is 5.32 Å². The van der Waals surface area contributed by atoms with Crippen molar-refractivity contribution in [1.29, 1.82) is 0 Å². The first-order chi connectivity index (χ1) is 9.99.